The lowest BCUT2D eigenvalue weighted by Gasteiger charge is -2.25. The fraction of sp³-hybridized carbons (Fsp3) is 0.250. The van der Waals surface area contributed by atoms with Gasteiger partial charge in [-0.15, -0.1) is 0 Å². The summed E-state index contributed by atoms with van der Waals surface area (Å²) in [5.41, 5.74) is 8.88. The molecule has 2 aromatic heterocycles. The van der Waals surface area contributed by atoms with E-state index >= 15 is 0 Å². The van der Waals surface area contributed by atoms with Gasteiger partial charge in [-0.05, 0) is 78.6 Å². The second-order valence-corrected chi connectivity index (χ2v) is 12.6. The van der Waals surface area contributed by atoms with Gasteiger partial charge in [0, 0.05) is 32.9 Å². The van der Waals surface area contributed by atoms with Crippen LogP contribution in [0.1, 0.15) is 46.1 Å². The summed E-state index contributed by atoms with van der Waals surface area (Å²) < 4.78 is 4.95. The normalized spacial score (nSPS) is 13.5. The summed E-state index contributed by atoms with van der Waals surface area (Å²) in [7, 11) is 0. The molecule has 2 atom stereocenters. The molecule has 0 fully saturated rings. The topological polar surface area (TPSA) is 9.86 Å². The van der Waals surface area contributed by atoms with Crippen LogP contribution in [0.5, 0.6) is 0 Å². The Morgan fingerprint density at radius 3 is 1.26 bits per heavy atom. The van der Waals surface area contributed by atoms with E-state index in [1.165, 1.54) is 73.4 Å². The van der Waals surface area contributed by atoms with Crippen molar-refractivity contribution < 1.29 is 0 Å². The largest absolute Gasteiger partial charge is 0.309 e. The fourth-order valence-corrected chi connectivity index (χ4v) is 7.01. The van der Waals surface area contributed by atoms with E-state index in [1.807, 2.05) is 0 Å². The molecule has 0 spiro atoms. The van der Waals surface area contributed by atoms with Crippen LogP contribution >= 0.6 is 0 Å². The minimum Gasteiger partial charge on any atom is -0.309 e. The van der Waals surface area contributed by atoms with Crippen molar-refractivity contribution in [2.75, 3.05) is 0 Å². The van der Waals surface area contributed by atoms with Crippen molar-refractivity contribution in [2.45, 2.75) is 47.0 Å². The van der Waals surface area contributed by atoms with Gasteiger partial charge < -0.3 is 9.13 Å². The van der Waals surface area contributed by atoms with Gasteiger partial charge in [-0.2, -0.15) is 0 Å². The monoisotopic (exact) mass is 548 g/mol. The van der Waals surface area contributed by atoms with E-state index in [-0.39, 0.29) is 0 Å². The predicted octanol–water partition coefficient (Wildman–Crippen LogP) is 11.1. The van der Waals surface area contributed by atoms with Gasteiger partial charge in [0.2, 0.25) is 0 Å². The number of fused-ring (bicyclic) bond motifs is 6. The first-order valence-electron chi connectivity index (χ1n) is 15.6. The maximum Gasteiger partial charge on any atom is 0.0541 e. The fourth-order valence-electron chi connectivity index (χ4n) is 7.01. The minimum absolute atomic E-state index is 0.632. The summed E-state index contributed by atoms with van der Waals surface area (Å²) >= 11 is 0. The van der Waals surface area contributed by atoms with E-state index in [2.05, 4.69) is 152 Å². The standard InChI is InChI=1S/C40H40N2/c1-5-28(4)22-30(27(2)3)23-29-24-31(41-37-18-10-6-14-33(37)34-15-7-11-19-38(34)41)26-32(25-29)42-39-20-12-8-16-35(39)36-17-9-13-21-40(36)42/h6-21,24-28,30H,5,22-23H2,1-4H3. The van der Waals surface area contributed by atoms with Gasteiger partial charge in [0.1, 0.15) is 0 Å². The first-order chi connectivity index (χ1) is 20.5. The Labute approximate surface area is 249 Å². The molecule has 0 saturated carbocycles. The minimum atomic E-state index is 0.632. The van der Waals surface area contributed by atoms with Crippen LogP contribution in [-0.2, 0) is 6.42 Å². The molecule has 7 aromatic rings. The highest BCUT2D eigenvalue weighted by molar-refractivity contribution is 6.10. The van der Waals surface area contributed by atoms with Crippen molar-refractivity contribution in [3.8, 4) is 11.4 Å². The zero-order valence-corrected chi connectivity index (χ0v) is 25.2. The summed E-state index contributed by atoms with van der Waals surface area (Å²) in [6.07, 6.45) is 3.58. The molecular weight excluding hydrogens is 508 g/mol. The van der Waals surface area contributed by atoms with Crippen molar-refractivity contribution in [1.82, 2.24) is 9.13 Å². The molecule has 0 aliphatic heterocycles. The lowest BCUT2D eigenvalue weighted by atomic mass is 9.82. The van der Waals surface area contributed by atoms with Crippen molar-refractivity contribution in [1.29, 1.82) is 0 Å². The molecule has 42 heavy (non-hydrogen) atoms. The number of benzene rings is 5. The summed E-state index contributed by atoms with van der Waals surface area (Å²) in [6, 6.07) is 42.7. The Balaban J connectivity index is 1.51. The Hall–Kier alpha value is -4.30. The number of hydrogen-bond acceptors (Lipinski definition) is 0. The molecule has 2 unspecified atom stereocenters. The lowest BCUT2D eigenvalue weighted by Crippen LogP contribution is -2.16. The highest BCUT2D eigenvalue weighted by atomic mass is 15.0. The molecule has 210 valence electrons. The van der Waals surface area contributed by atoms with Crippen LogP contribution in [0.3, 0.4) is 0 Å². The molecule has 0 amide bonds. The third-order valence-corrected chi connectivity index (χ3v) is 9.48. The first kappa shape index (κ1) is 26.6. The van der Waals surface area contributed by atoms with Crippen LogP contribution in [0.25, 0.3) is 55.0 Å². The van der Waals surface area contributed by atoms with Crippen LogP contribution in [0.4, 0.5) is 0 Å². The van der Waals surface area contributed by atoms with Crippen molar-refractivity contribution in [3.05, 3.63) is 121 Å². The molecule has 7 rings (SSSR count). The van der Waals surface area contributed by atoms with Gasteiger partial charge in [-0.1, -0.05) is 107 Å². The number of nitrogens with zero attached hydrogens (tertiary/aromatic N) is 2. The van der Waals surface area contributed by atoms with Crippen molar-refractivity contribution in [3.63, 3.8) is 0 Å². The maximum atomic E-state index is 2.48. The molecule has 5 aromatic carbocycles. The SMILES string of the molecule is CCC(C)CC(Cc1cc(-n2c3ccccc3c3ccccc32)cc(-n2c3ccccc3c3ccccc32)c1)C(C)C. The molecule has 2 heterocycles. The number of hydrogen-bond donors (Lipinski definition) is 0. The summed E-state index contributed by atoms with van der Waals surface area (Å²) in [6.45, 7) is 9.54. The number of para-hydroxylation sites is 4. The Kier molecular flexibility index (Phi) is 6.86. The summed E-state index contributed by atoms with van der Waals surface area (Å²) in [4.78, 5) is 0. The van der Waals surface area contributed by atoms with E-state index in [0.717, 1.165) is 12.3 Å². The van der Waals surface area contributed by atoms with Gasteiger partial charge in [-0.3, -0.25) is 0 Å². The quantitative estimate of drug-likeness (QED) is 0.179. The first-order valence-corrected chi connectivity index (χ1v) is 15.6. The third kappa shape index (κ3) is 4.50. The lowest BCUT2D eigenvalue weighted by molar-refractivity contribution is 0.301. The Morgan fingerprint density at radius 2 is 0.905 bits per heavy atom. The molecule has 0 saturated heterocycles. The van der Waals surface area contributed by atoms with E-state index in [4.69, 9.17) is 0 Å². The van der Waals surface area contributed by atoms with E-state index in [1.54, 1.807) is 0 Å². The maximum absolute atomic E-state index is 2.48. The highest BCUT2D eigenvalue weighted by Gasteiger charge is 2.20. The second-order valence-electron chi connectivity index (χ2n) is 12.6. The van der Waals surface area contributed by atoms with Crippen LogP contribution in [0.15, 0.2) is 115 Å². The van der Waals surface area contributed by atoms with E-state index in [0.29, 0.717) is 11.8 Å². The molecule has 0 radical (unpaired) electrons. The van der Waals surface area contributed by atoms with Crippen LogP contribution in [0.2, 0.25) is 0 Å². The molecular formula is C40H40N2. The zero-order valence-electron chi connectivity index (χ0n) is 25.2. The summed E-state index contributed by atoms with van der Waals surface area (Å²) in [5.74, 6) is 2.00. The molecule has 0 aliphatic carbocycles. The van der Waals surface area contributed by atoms with Crippen molar-refractivity contribution in [2.24, 2.45) is 17.8 Å². The second kappa shape index (κ2) is 10.8. The Bertz CT molecular complexity index is 1800. The molecule has 0 N–H and O–H groups in total. The average molecular weight is 549 g/mol. The van der Waals surface area contributed by atoms with Crippen LogP contribution in [-0.4, -0.2) is 9.13 Å². The van der Waals surface area contributed by atoms with Gasteiger partial charge in [0.15, 0.2) is 0 Å². The molecule has 2 nitrogen and oxygen atoms in total. The third-order valence-electron chi connectivity index (χ3n) is 9.48. The van der Waals surface area contributed by atoms with Crippen molar-refractivity contribution >= 4 is 43.6 Å². The molecule has 0 aliphatic rings. The van der Waals surface area contributed by atoms with E-state index < -0.39 is 0 Å². The smallest absolute Gasteiger partial charge is 0.0541 e. The number of rotatable bonds is 8. The van der Waals surface area contributed by atoms with Gasteiger partial charge in [-0.25, -0.2) is 0 Å². The van der Waals surface area contributed by atoms with Gasteiger partial charge in [0.25, 0.3) is 0 Å². The predicted molar refractivity (Wildman–Crippen MR) is 181 cm³/mol. The average Bonchev–Trinajstić information content (AvgIpc) is 3.54. The Morgan fingerprint density at radius 1 is 0.524 bits per heavy atom. The van der Waals surface area contributed by atoms with Gasteiger partial charge >= 0.3 is 0 Å². The van der Waals surface area contributed by atoms with Crippen LogP contribution in [0, 0.1) is 17.8 Å². The van der Waals surface area contributed by atoms with Crippen LogP contribution < -0.4 is 0 Å². The summed E-state index contributed by atoms with van der Waals surface area (Å²) in [5, 5.41) is 5.20. The molecule has 0 bridgehead atoms. The number of aromatic nitrogens is 2. The van der Waals surface area contributed by atoms with Gasteiger partial charge in [0.05, 0.1) is 22.1 Å². The zero-order chi connectivity index (χ0) is 28.8. The highest BCUT2D eigenvalue weighted by Crippen LogP contribution is 2.37. The van der Waals surface area contributed by atoms with E-state index in [9.17, 15) is 0 Å². The molecule has 2 heteroatoms.